The number of aliphatic hydroxyl groups is 1. The summed E-state index contributed by atoms with van der Waals surface area (Å²) in [5.74, 6) is -0.357. The van der Waals surface area contributed by atoms with Gasteiger partial charge in [-0.25, -0.2) is 4.39 Å². The summed E-state index contributed by atoms with van der Waals surface area (Å²) in [6, 6.07) is 8.23. The highest BCUT2D eigenvalue weighted by molar-refractivity contribution is 5.60. The molecule has 0 aliphatic carbocycles. The van der Waals surface area contributed by atoms with Crippen molar-refractivity contribution in [1.82, 2.24) is 4.98 Å². The number of halogens is 1. The van der Waals surface area contributed by atoms with Crippen LogP contribution in [-0.2, 0) is 6.61 Å². The van der Waals surface area contributed by atoms with Gasteiger partial charge in [-0.3, -0.25) is 4.98 Å². The van der Waals surface area contributed by atoms with E-state index < -0.39 is 0 Å². The number of hydrogen-bond acceptors (Lipinski definition) is 2. The maximum absolute atomic E-state index is 13.2. The smallest absolute Gasteiger partial charge is 0.124 e. The SMILES string of the molecule is Cc1ccc(-c2cc(F)cc(CO)c2)nc1. The van der Waals surface area contributed by atoms with Gasteiger partial charge in [-0.05, 0) is 42.3 Å². The molecule has 0 aliphatic heterocycles. The first-order valence-corrected chi connectivity index (χ1v) is 5.02. The molecule has 2 rings (SSSR count). The van der Waals surface area contributed by atoms with E-state index in [9.17, 15) is 4.39 Å². The zero-order valence-electron chi connectivity index (χ0n) is 8.94. The predicted octanol–water partition coefficient (Wildman–Crippen LogP) is 2.69. The molecule has 0 aliphatic rings. The third-order valence-corrected chi connectivity index (χ3v) is 2.35. The van der Waals surface area contributed by atoms with Crippen LogP contribution in [0.15, 0.2) is 36.5 Å². The van der Waals surface area contributed by atoms with Gasteiger partial charge in [0, 0.05) is 11.8 Å². The average molecular weight is 217 g/mol. The van der Waals surface area contributed by atoms with E-state index in [0.29, 0.717) is 16.8 Å². The summed E-state index contributed by atoms with van der Waals surface area (Å²) in [5, 5.41) is 8.99. The molecule has 1 aromatic carbocycles. The molecule has 0 saturated heterocycles. The van der Waals surface area contributed by atoms with Crippen molar-refractivity contribution in [2.24, 2.45) is 0 Å². The van der Waals surface area contributed by atoms with Crippen LogP contribution in [0, 0.1) is 12.7 Å². The molecule has 2 aromatic rings. The molecule has 1 aromatic heterocycles. The summed E-state index contributed by atoms with van der Waals surface area (Å²) in [4.78, 5) is 4.22. The second kappa shape index (κ2) is 4.41. The van der Waals surface area contributed by atoms with Crippen LogP contribution in [0.3, 0.4) is 0 Å². The van der Waals surface area contributed by atoms with Crippen molar-refractivity contribution in [2.75, 3.05) is 0 Å². The van der Waals surface area contributed by atoms with E-state index in [2.05, 4.69) is 4.98 Å². The lowest BCUT2D eigenvalue weighted by molar-refractivity contribution is 0.281. The van der Waals surface area contributed by atoms with E-state index in [0.717, 1.165) is 5.56 Å². The molecule has 0 atom stereocenters. The number of aryl methyl sites for hydroxylation is 1. The third kappa shape index (κ3) is 2.25. The summed E-state index contributed by atoms with van der Waals surface area (Å²) in [6.45, 7) is 1.78. The van der Waals surface area contributed by atoms with Gasteiger partial charge in [0.25, 0.3) is 0 Å². The van der Waals surface area contributed by atoms with Gasteiger partial charge in [0.05, 0.1) is 12.3 Å². The van der Waals surface area contributed by atoms with Crippen molar-refractivity contribution in [1.29, 1.82) is 0 Å². The molecule has 0 saturated carbocycles. The highest BCUT2D eigenvalue weighted by Gasteiger charge is 2.03. The molecule has 0 amide bonds. The van der Waals surface area contributed by atoms with Crippen LogP contribution in [0.5, 0.6) is 0 Å². The molecule has 0 spiro atoms. The maximum Gasteiger partial charge on any atom is 0.124 e. The van der Waals surface area contributed by atoms with Gasteiger partial charge in [0.1, 0.15) is 5.82 Å². The van der Waals surface area contributed by atoms with Crippen LogP contribution in [0.25, 0.3) is 11.3 Å². The topological polar surface area (TPSA) is 33.1 Å². The van der Waals surface area contributed by atoms with Gasteiger partial charge in [-0.2, -0.15) is 0 Å². The molecule has 16 heavy (non-hydrogen) atoms. The van der Waals surface area contributed by atoms with E-state index in [1.165, 1.54) is 12.1 Å². The van der Waals surface area contributed by atoms with Crippen LogP contribution in [0.1, 0.15) is 11.1 Å². The maximum atomic E-state index is 13.2. The third-order valence-electron chi connectivity index (χ3n) is 2.35. The Morgan fingerprint density at radius 1 is 1.25 bits per heavy atom. The lowest BCUT2D eigenvalue weighted by atomic mass is 10.1. The molecule has 82 valence electrons. The number of rotatable bonds is 2. The average Bonchev–Trinajstić information content (AvgIpc) is 2.29. The molecule has 1 heterocycles. The van der Waals surface area contributed by atoms with Gasteiger partial charge < -0.3 is 5.11 Å². The first-order valence-electron chi connectivity index (χ1n) is 5.02. The molecule has 2 nitrogen and oxygen atoms in total. The monoisotopic (exact) mass is 217 g/mol. The highest BCUT2D eigenvalue weighted by Crippen LogP contribution is 2.20. The fraction of sp³-hybridized carbons (Fsp3) is 0.154. The second-order valence-electron chi connectivity index (χ2n) is 3.73. The summed E-state index contributed by atoms with van der Waals surface area (Å²) >= 11 is 0. The van der Waals surface area contributed by atoms with Gasteiger partial charge in [-0.15, -0.1) is 0 Å². The second-order valence-corrected chi connectivity index (χ2v) is 3.73. The van der Waals surface area contributed by atoms with Gasteiger partial charge in [0.2, 0.25) is 0 Å². The Kier molecular flexibility index (Phi) is 2.97. The molecule has 0 radical (unpaired) electrons. The molecular weight excluding hydrogens is 205 g/mol. The minimum absolute atomic E-state index is 0.170. The van der Waals surface area contributed by atoms with Crippen LogP contribution < -0.4 is 0 Å². The zero-order valence-corrected chi connectivity index (χ0v) is 8.94. The number of pyridine rings is 1. The summed E-state index contributed by atoms with van der Waals surface area (Å²) in [7, 11) is 0. The largest absolute Gasteiger partial charge is 0.392 e. The Bertz CT molecular complexity index is 494. The van der Waals surface area contributed by atoms with Crippen LogP contribution in [0.2, 0.25) is 0 Å². The molecule has 1 N–H and O–H groups in total. The van der Waals surface area contributed by atoms with E-state index in [4.69, 9.17) is 5.11 Å². The fourth-order valence-electron chi connectivity index (χ4n) is 1.53. The van der Waals surface area contributed by atoms with E-state index in [-0.39, 0.29) is 12.4 Å². The van der Waals surface area contributed by atoms with Crippen molar-refractivity contribution in [3.05, 3.63) is 53.5 Å². The van der Waals surface area contributed by atoms with Crippen molar-refractivity contribution in [2.45, 2.75) is 13.5 Å². The van der Waals surface area contributed by atoms with Crippen molar-refractivity contribution in [3.63, 3.8) is 0 Å². The molecule has 3 heteroatoms. The van der Waals surface area contributed by atoms with Crippen LogP contribution in [-0.4, -0.2) is 10.1 Å². The standard InChI is InChI=1S/C13H12FNO/c1-9-2-3-13(15-7-9)11-4-10(8-16)5-12(14)6-11/h2-7,16H,8H2,1H3. The Labute approximate surface area is 93.4 Å². The Hall–Kier alpha value is -1.74. The zero-order chi connectivity index (χ0) is 11.5. The normalized spacial score (nSPS) is 10.4. The number of nitrogens with zero attached hydrogens (tertiary/aromatic N) is 1. The van der Waals surface area contributed by atoms with E-state index >= 15 is 0 Å². The minimum atomic E-state index is -0.357. The quantitative estimate of drug-likeness (QED) is 0.839. The lowest BCUT2D eigenvalue weighted by Gasteiger charge is -2.04. The van der Waals surface area contributed by atoms with E-state index in [1.54, 1.807) is 12.3 Å². The van der Waals surface area contributed by atoms with Crippen LogP contribution in [0.4, 0.5) is 4.39 Å². The summed E-state index contributed by atoms with van der Waals surface area (Å²) in [5.41, 5.74) is 3.00. The first kappa shape index (κ1) is 10.8. The summed E-state index contributed by atoms with van der Waals surface area (Å²) in [6.07, 6.45) is 1.73. The molecule has 0 unspecified atom stereocenters. The Morgan fingerprint density at radius 2 is 2.06 bits per heavy atom. The molecular formula is C13H12FNO. The van der Waals surface area contributed by atoms with E-state index in [1.807, 2.05) is 19.1 Å². The van der Waals surface area contributed by atoms with Crippen molar-refractivity contribution < 1.29 is 9.50 Å². The first-order chi connectivity index (χ1) is 7.69. The number of hydrogen-bond donors (Lipinski definition) is 1. The van der Waals surface area contributed by atoms with Crippen molar-refractivity contribution in [3.8, 4) is 11.3 Å². The Morgan fingerprint density at radius 3 is 2.69 bits per heavy atom. The highest BCUT2D eigenvalue weighted by atomic mass is 19.1. The van der Waals surface area contributed by atoms with Crippen molar-refractivity contribution >= 4 is 0 Å². The fourth-order valence-corrected chi connectivity index (χ4v) is 1.53. The van der Waals surface area contributed by atoms with Gasteiger partial charge in [-0.1, -0.05) is 6.07 Å². The Balaban J connectivity index is 2.47. The molecule has 0 bridgehead atoms. The number of aromatic nitrogens is 1. The number of benzene rings is 1. The predicted molar refractivity (Wildman–Crippen MR) is 60.3 cm³/mol. The van der Waals surface area contributed by atoms with Gasteiger partial charge >= 0.3 is 0 Å². The number of aliphatic hydroxyl groups excluding tert-OH is 1. The minimum Gasteiger partial charge on any atom is -0.392 e. The lowest BCUT2D eigenvalue weighted by Crippen LogP contribution is -1.90. The molecule has 0 fully saturated rings. The van der Waals surface area contributed by atoms with Crippen LogP contribution >= 0.6 is 0 Å². The summed E-state index contributed by atoms with van der Waals surface area (Å²) < 4.78 is 13.2. The van der Waals surface area contributed by atoms with Gasteiger partial charge in [0.15, 0.2) is 0 Å².